The van der Waals surface area contributed by atoms with Crippen molar-refractivity contribution in [3.8, 4) is 0 Å². The molecule has 1 aromatic rings. The van der Waals surface area contributed by atoms with E-state index in [1.807, 2.05) is 11.6 Å². The second kappa shape index (κ2) is 9.07. The quantitative estimate of drug-likeness (QED) is 0.716. The molecule has 8 nitrogen and oxygen atoms in total. The van der Waals surface area contributed by atoms with Gasteiger partial charge in [0, 0.05) is 37.8 Å². The van der Waals surface area contributed by atoms with E-state index in [-0.39, 0.29) is 10.9 Å². The van der Waals surface area contributed by atoms with Gasteiger partial charge in [0.05, 0.1) is 24.0 Å². The van der Waals surface area contributed by atoms with Crippen LogP contribution >= 0.6 is 11.3 Å². The molecule has 0 amide bonds. The molecule has 0 bridgehead atoms. The molecule has 13 heteroatoms. The number of hydrogen-bond donors (Lipinski definition) is 1. The molecule has 30 heavy (non-hydrogen) atoms. The molecule has 4 rings (SSSR count). The van der Waals surface area contributed by atoms with Crippen LogP contribution in [-0.2, 0) is 26.1 Å². The molecule has 0 aromatic carbocycles. The Morgan fingerprint density at radius 3 is 2.43 bits per heavy atom. The van der Waals surface area contributed by atoms with E-state index in [1.165, 1.54) is 0 Å². The van der Waals surface area contributed by atoms with Gasteiger partial charge in [-0.2, -0.15) is 13.2 Å². The first-order valence-electron chi connectivity index (χ1n) is 9.56. The zero-order chi connectivity index (χ0) is 22.0. The second-order valence-electron chi connectivity index (χ2n) is 7.61. The van der Waals surface area contributed by atoms with Gasteiger partial charge in [-0.15, -0.1) is 11.3 Å². The number of carbonyl (C=O) groups is 1. The molecule has 3 aliphatic rings. The van der Waals surface area contributed by atoms with Crippen molar-refractivity contribution in [3.63, 3.8) is 0 Å². The van der Waals surface area contributed by atoms with Crippen LogP contribution in [0.1, 0.15) is 30.7 Å². The summed E-state index contributed by atoms with van der Waals surface area (Å²) < 4.78 is 64.3. The molecular weight excluding hydrogens is 447 g/mol. The van der Waals surface area contributed by atoms with Gasteiger partial charge in [0.2, 0.25) is 10.0 Å². The molecule has 1 N–H and O–H groups in total. The average molecular weight is 472 g/mol. The van der Waals surface area contributed by atoms with Crippen LogP contribution in [0.3, 0.4) is 0 Å². The Morgan fingerprint density at radius 1 is 1.30 bits per heavy atom. The van der Waals surface area contributed by atoms with Crippen LogP contribution in [0.5, 0.6) is 0 Å². The van der Waals surface area contributed by atoms with Crippen LogP contribution in [0.15, 0.2) is 11.6 Å². The Bertz CT molecular complexity index is 820. The highest BCUT2D eigenvalue weighted by Crippen LogP contribution is 2.36. The van der Waals surface area contributed by atoms with Crippen LogP contribution in [0.4, 0.5) is 13.2 Å². The Labute approximate surface area is 176 Å². The van der Waals surface area contributed by atoms with Crippen molar-refractivity contribution in [2.75, 3.05) is 32.8 Å². The van der Waals surface area contributed by atoms with Crippen molar-refractivity contribution >= 4 is 27.3 Å². The van der Waals surface area contributed by atoms with E-state index in [2.05, 4.69) is 9.88 Å². The molecular formula is C17H24F3N3O5S2. The van der Waals surface area contributed by atoms with Crippen LogP contribution in [0.2, 0.25) is 0 Å². The maximum Gasteiger partial charge on any atom is 0.490 e. The average Bonchev–Trinajstić information content (AvgIpc) is 3.41. The number of piperidine rings is 1. The third-order valence-corrected chi connectivity index (χ3v) is 8.51. The molecule has 0 radical (unpaired) electrons. The van der Waals surface area contributed by atoms with Gasteiger partial charge in [0.1, 0.15) is 5.01 Å². The SMILES string of the molecule is O=C(O)C(F)(F)F.O=S(=O)(C1CC1)N1CCC2(CC1)CN(Cc1nccs1)CCO2. The normalized spacial score (nSPS) is 23.0. The number of hydrogen-bond acceptors (Lipinski definition) is 7. The Balaban J connectivity index is 0.000000318. The minimum absolute atomic E-state index is 0.106. The lowest BCUT2D eigenvalue weighted by molar-refractivity contribution is -0.192. The number of ether oxygens (including phenoxy) is 1. The summed E-state index contributed by atoms with van der Waals surface area (Å²) >= 11 is 1.68. The van der Waals surface area contributed by atoms with E-state index in [4.69, 9.17) is 14.6 Å². The number of carboxylic acid groups (broad SMARTS) is 1. The number of alkyl halides is 3. The summed E-state index contributed by atoms with van der Waals surface area (Å²) in [7, 11) is -3.04. The van der Waals surface area contributed by atoms with Gasteiger partial charge in [-0.3, -0.25) is 4.90 Å². The van der Waals surface area contributed by atoms with Crippen LogP contribution in [0.25, 0.3) is 0 Å². The Morgan fingerprint density at radius 2 is 1.93 bits per heavy atom. The number of rotatable bonds is 4. The summed E-state index contributed by atoms with van der Waals surface area (Å²) in [6, 6.07) is 0. The first kappa shape index (κ1) is 23.4. The van der Waals surface area contributed by atoms with Crippen molar-refractivity contribution in [1.29, 1.82) is 0 Å². The summed E-state index contributed by atoms with van der Waals surface area (Å²) in [5, 5.41) is 10.2. The number of halogens is 3. The number of aromatic nitrogens is 1. The summed E-state index contributed by atoms with van der Waals surface area (Å²) in [5.74, 6) is -2.76. The fourth-order valence-electron chi connectivity index (χ4n) is 3.61. The molecule has 1 saturated carbocycles. The summed E-state index contributed by atoms with van der Waals surface area (Å²) in [6.45, 7) is 4.59. The first-order valence-corrected chi connectivity index (χ1v) is 11.9. The highest BCUT2D eigenvalue weighted by atomic mass is 32.2. The van der Waals surface area contributed by atoms with Gasteiger partial charge in [-0.05, 0) is 25.7 Å². The van der Waals surface area contributed by atoms with Crippen molar-refractivity contribution in [2.45, 2.75) is 49.3 Å². The first-order chi connectivity index (χ1) is 14.0. The van der Waals surface area contributed by atoms with E-state index in [9.17, 15) is 21.6 Å². The van der Waals surface area contributed by atoms with Crippen LogP contribution in [-0.4, -0.2) is 83.5 Å². The molecule has 3 fully saturated rings. The third-order valence-electron chi connectivity index (χ3n) is 5.35. The van der Waals surface area contributed by atoms with Gasteiger partial charge < -0.3 is 9.84 Å². The summed E-state index contributed by atoms with van der Waals surface area (Å²) in [6.07, 6.45) is 0.0300. The fraction of sp³-hybridized carbons (Fsp3) is 0.765. The fourth-order valence-corrected chi connectivity index (χ4v) is 6.11. The number of aliphatic carboxylic acids is 1. The summed E-state index contributed by atoms with van der Waals surface area (Å²) in [4.78, 5) is 15.7. The molecule has 3 heterocycles. The van der Waals surface area contributed by atoms with E-state index < -0.39 is 22.2 Å². The van der Waals surface area contributed by atoms with Gasteiger partial charge in [0.25, 0.3) is 0 Å². The topological polar surface area (TPSA) is 100 Å². The molecule has 2 aliphatic heterocycles. The lowest BCUT2D eigenvalue weighted by Gasteiger charge is -2.46. The molecule has 1 aromatic heterocycles. The number of carboxylic acids is 1. The molecule has 2 saturated heterocycles. The minimum Gasteiger partial charge on any atom is -0.475 e. The lowest BCUT2D eigenvalue weighted by Crippen LogP contribution is -2.57. The highest BCUT2D eigenvalue weighted by molar-refractivity contribution is 7.90. The largest absolute Gasteiger partial charge is 0.490 e. The molecule has 0 unspecified atom stereocenters. The molecule has 1 aliphatic carbocycles. The Hall–Kier alpha value is -1.28. The predicted molar refractivity (Wildman–Crippen MR) is 103 cm³/mol. The van der Waals surface area contributed by atoms with Crippen LogP contribution < -0.4 is 0 Å². The number of sulfonamides is 1. The molecule has 0 atom stereocenters. The van der Waals surface area contributed by atoms with Gasteiger partial charge in [-0.1, -0.05) is 0 Å². The minimum atomic E-state index is -5.08. The highest BCUT2D eigenvalue weighted by Gasteiger charge is 2.46. The van der Waals surface area contributed by atoms with Gasteiger partial charge >= 0.3 is 12.1 Å². The van der Waals surface area contributed by atoms with Crippen molar-refractivity contribution in [3.05, 3.63) is 16.6 Å². The van der Waals surface area contributed by atoms with Crippen LogP contribution in [0, 0.1) is 0 Å². The number of morpholine rings is 1. The number of nitrogens with zero attached hydrogens (tertiary/aromatic N) is 3. The summed E-state index contributed by atoms with van der Waals surface area (Å²) in [5.41, 5.74) is -0.176. The van der Waals surface area contributed by atoms with Gasteiger partial charge in [-0.25, -0.2) is 22.5 Å². The third kappa shape index (κ3) is 5.90. The lowest BCUT2D eigenvalue weighted by atomic mass is 9.90. The van der Waals surface area contributed by atoms with E-state index in [0.29, 0.717) is 13.1 Å². The maximum absolute atomic E-state index is 12.4. The molecule has 1 spiro atoms. The zero-order valence-corrected chi connectivity index (χ0v) is 17.8. The zero-order valence-electron chi connectivity index (χ0n) is 16.2. The van der Waals surface area contributed by atoms with Crippen molar-refractivity contribution in [2.24, 2.45) is 0 Å². The molecule has 170 valence electrons. The standard InChI is InChI=1S/C15H23N3O3S2.C2HF3O2/c19-23(20,13-1-2-13)18-6-3-15(4-7-18)12-17(8-9-21-15)11-14-16-5-10-22-14;3-2(4,5)1(6)7/h5,10,13H,1-4,6-9,11-12H2;(H,6,7). The smallest absolute Gasteiger partial charge is 0.475 e. The van der Waals surface area contributed by atoms with Crippen molar-refractivity contribution in [1.82, 2.24) is 14.2 Å². The Kier molecular flexibility index (Phi) is 7.07. The van der Waals surface area contributed by atoms with E-state index >= 15 is 0 Å². The van der Waals surface area contributed by atoms with Crippen molar-refractivity contribution < 1.29 is 36.2 Å². The maximum atomic E-state index is 12.4. The van der Waals surface area contributed by atoms with E-state index in [0.717, 1.165) is 56.9 Å². The predicted octanol–water partition coefficient (Wildman–Crippen LogP) is 1.94. The van der Waals surface area contributed by atoms with Gasteiger partial charge in [0.15, 0.2) is 0 Å². The second-order valence-corrected chi connectivity index (χ2v) is 10.8. The van der Waals surface area contributed by atoms with E-state index in [1.54, 1.807) is 15.6 Å². The monoisotopic (exact) mass is 471 g/mol. The number of thiazole rings is 1.